The first-order valence-electron chi connectivity index (χ1n) is 7.88. The first-order chi connectivity index (χ1) is 11.9. The summed E-state index contributed by atoms with van der Waals surface area (Å²) in [5.41, 5.74) is 1.30. The van der Waals surface area contributed by atoms with Crippen LogP contribution in [0.4, 0.5) is 4.39 Å². The molecule has 0 aliphatic heterocycles. The van der Waals surface area contributed by atoms with Crippen LogP contribution < -0.4 is 9.46 Å². The summed E-state index contributed by atoms with van der Waals surface area (Å²) >= 11 is 0. The van der Waals surface area contributed by atoms with Gasteiger partial charge < -0.3 is 9.47 Å². The minimum absolute atomic E-state index is 0.00541. The lowest BCUT2D eigenvalue weighted by Crippen LogP contribution is -2.29. The standard InChI is InChI=1S/C18H22FNO4S/c1-4-24-17-9-8-16(10-13(17)2)25(21,22)20-12-18(23-3)14-6-5-7-15(19)11-14/h5-11,18,20H,4,12H2,1-3H3. The van der Waals surface area contributed by atoms with Crippen LogP contribution in [-0.2, 0) is 14.8 Å². The van der Waals surface area contributed by atoms with Crippen molar-refractivity contribution in [3.63, 3.8) is 0 Å². The summed E-state index contributed by atoms with van der Waals surface area (Å²) in [4.78, 5) is 0.141. The fourth-order valence-electron chi connectivity index (χ4n) is 2.42. The number of halogens is 1. The van der Waals surface area contributed by atoms with Gasteiger partial charge in [-0.15, -0.1) is 0 Å². The van der Waals surface area contributed by atoms with Crippen LogP contribution in [0.3, 0.4) is 0 Å². The number of methoxy groups -OCH3 is 1. The topological polar surface area (TPSA) is 64.6 Å². The third-order valence-electron chi connectivity index (χ3n) is 3.72. The van der Waals surface area contributed by atoms with E-state index in [-0.39, 0.29) is 11.4 Å². The third-order valence-corrected chi connectivity index (χ3v) is 5.14. The molecule has 0 saturated heterocycles. The Morgan fingerprint density at radius 3 is 2.56 bits per heavy atom. The minimum Gasteiger partial charge on any atom is -0.494 e. The molecule has 25 heavy (non-hydrogen) atoms. The molecule has 1 unspecified atom stereocenters. The Bertz CT molecular complexity index is 824. The van der Waals surface area contributed by atoms with E-state index in [1.807, 2.05) is 6.92 Å². The van der Waals surface area contributed by atoms with Crippen molar-refractivity contribution in [2.75, 3.05) is 20.3 Å². The number of nitrogens with one attached hydrogen (secondary N) is 1. The van der Waals surface area contributed by atoms with Crippen molar-refractivity contribution >= 4 is 10.0 Å². The van der Waals surface area contributed by atoms with Gasteiger partial charge in [0.05, 0.1) is 17.6 Å². The smallest absolute Gasteiger partial charge is 0.240 e. The van der Waals surface area contributed by atoms with Gasteiger partial charge in [-0.3, -0.25) is 0 Å². The normalized spacial score (nSPS) is 12.8. The summed E-state index contributed by atoms with van der Waals surface area (Å²) in [5, 5.41) is 0. The molecule has 2 aromatic rings. The van der Waals surface area contributed by atoms with Crippen LogP contribution in [0.1, 0.15) is 24.2 Å². The van der Waals surface area contributed by atoms with Gasteiger partial charge in [0.1, 0.15) is 11.6 Å². The zero-order valence-corrected chi connectivity index (χ0v) is 15.3. The molecule has 0 saturated carbocycles. The number of hydrogen-bond donors (Lipinski definition) is 1. The van der Waals surface area contributed by atoms with E-state index in [1.54, 1.807) is 31.2 Å². The Hall–Kier alpha value is -1.96. The van der Waals surface area contributed by atoms with Crippen molar-refractivity contribution < 1.29 is 22.3 Å². The lowest BCUT2D eigenvalue weighted by Gasteiger charge is -2.17. The van der Waals surface area contributed by atoms with Gasteiger partial charge in [0, 0.05) is 13.7 Å². The minimum atomic E-state index is -3.72. The summed E-state index contributed by atoms with van der Waals surface area (Å²) < 4.78 is 51.5. The van der Waals surface area contributed by atoms with Crippen molar-refractivity contribution in [3.8, 4) is 5.75 Å². The van der Waals surface area contributed by atoms with E-state index < -0.39 is 21.9 Å². The molecule has 136 valence electrons. The highest BCUT2D eigenvalue weighted by Gasteiger charge is 2.19. The van der Waals surface area contributed by atoms with Crippen LogP contribution in [0.5, 0.6) is 5.75 Å². The SMILES string of the molecule is CCOc1ccc(S(=O)(=O)NCC(OC)c2cccc(F)c2)cc1C. The van der Waals surface area contributed by atoms with Gasteiger partial charge in [0.25, 0.3) is 0 Å². The Morgan fingerprint density at radius 1 is 1.20 bits per heavy atom. The van der Waals surface area contributed by atoms with Gasteiger partial charge in [0.15, 0.2) is 0 Å². The lowest BCUT2D eigenvalue weighted by molar-refractivity contribution is 0.107. The van der Waals surface area contributed by atoms with Crippen LogP contribution in [0.15, 0.2) is 47.4 Å². The summed E-state index contributed by atoms with van der Waals surface area (Å²) in [5.74, 6) is 0.250. The molecule has 0 fully saturated rings. The summed E-state index contributed by atoms with van der Waals surface area (Å²) in [6.45, 7) is 4.15. The van der Waals surface area contributed by atoms with Gasteiger partial charge >= 0.3 is 0 Å². The van der Waals surface area contributed by atoms with E-state index in [1.165, 1.54) is 25.3 Å². The number of benzene rings is 2. The van der Waals surface area contributed by atoms with E-state index in [0.717, 1.165) is 5.56 Å². The summed E-state index contributed by atoms with van der Waals surface area (Å²) in [7, 11) is -2.27. The van der Waals surface area contributed by atoms with Gasteiger partial charge in [-0.05, 0) is 55.3 Å². The van der Waals surface area contributed by atoms with Crippen molar-refractivity contribution in [2.45, 2.75) is 24.8 Å². The van der Waals surface area contributed by atoms with Crippen molar-refractivity contribution in [3.05, 3.63) is 59.4 Å². The molecule has 0 aliphatic rings. The van der Waals surface area contributed by atoms with Gasteiger partial charge in [0.2, 0.25) is 10.0 Å². The van der Waals surface area contributed by atoms with Gasteiger partial charge in [-0.1, -0.05) is 12.1 Å². The first-order valence-corrected chi connectivity index (χ1v) is 9.37. The van der Waals surface area contributed by atoms with Crippen LogP contribution in [-0.4, -0.2) is 28.7 Å². The largest absolute Gasteiger partial charge is 0.494 e. The molecule has 2 aromatic carbocycles. The fourth-order valence-corrected chi connectivity index (χ4v) is 3.54. The van der Waals surface area contributed by atoms with Crippen molar-refractivity contribution in [1.82, 2.24) is 4.72 Å². The number of rotatable bonds is 8. The highest BCUT2D eigenvalue weighted by Crippen LogP contribution is 2.22. The van der Waals surface area contributed by atoms with Crippen LogP contribution in [0.25, 0.3) is 0 Å². The second-order valence-corrected chi connectivity index (χ2v) is 7.26. The van der Waals surface area contributed by atoms with Crippen LogP contribution >= 0.6 is 0 Å². The Balaban J connectivity index is 2.14. The second-order valence-electron chi connectivity index (χ2n) is 5.49. The van der Waals surface area contributed by atoms with E-state index in [0.29, 0.717) is 17.9 Å². The molecule has 0 bridgehead atoms. The number of aryl methyl sites for hydroxylation is 1. The fraction of sp³-hybridized carbons (Fsp3) is 0.333. The predicted octanol–water partition coefficient (Wildman–Crippen LogP) is 3.20. The number of hydrogen-bond acceptors (Lipinski definition) is 4. The zero-order valence-electron chi connectivity index (χ0n) is 14.5. The maximum Gasteiger partial charge on any atom is 0.240 e. The van der Waals surface area contributed by atoms with Crippen molar-refractivity contribution in [1.29, 1.82) is 0 Å². The van der Waals surface area contributed by atoms with Gasteiger partial charge in [-0.2, -0.15) is 0 Å². The Labute approximate surface area is 147 Å². The van der Waals surface area contributed by atoms with Crippen molar-refractivity contribution in [2.24, 2.45) is 0 Å². The monoisotopic (exact) mass is 367 g/mol. The molecule has 0 amide bonds. The third kappa shape index (κ3) is 5.01. The second kappa shape index (κ2) is 8.42. The zero-order chi connectivity index (χ0) is 18.4. The molecule has 0 aromatic heterocycles. The molecule has 0 spiro atoms. The molecule has 0 heterocycles. The Kier molecular flexibility index (Phi) is 6.52. The van der Waals surface area contributed by atoms with E-state index in [2.05, 4.69) is 4.72 Å². The number of ether oxygens (including phenoxy) is 2. The van der Waals surface area contributed by atoms with E-state index in [4.69, 9.17) is 9.47 Å². The summed E-state index contributed by atoms with van der Waals surface area (Å²) in [6.07, 6.45) is -0.589. The molecule has 5 nitrogen and oxygen atoms in total. The predicted molar refractivity (Wildman–Crippen MR) is 93.7 cm³/mol. The molecule has 2 rings (SSSR count). The highest BCUT2D eigenvalue weighted by atomic mass is 32.2. The lowest BCUT2D eigenvalue weighted by atomic mass is 10.1. The quantitative estimate of drug-likeness (QED) is 0.778. The summed E-state index contributed by atoms with van der Waals surface area (Å²) in [6, 6.07) is 10.6. The molecule has 7 heteroatoms. The van der Waals surface area contributed by atoms with E-state index >= 15 is 0 Å². The maximum absolute atomic E-state index is 13.3. The average molecular weight is 367 g/mol. The average Bonchev–Trinajstić information content (AvgIpc) is 2.57. The van der Waals surface area contributed by atoms with Crippen LogP contribution in [0, 0.1) is 12.7 Å². The van der Waals surface area contributed by atoms with Crippen LogP contribution in [0.2, 0.25) is 0 Å². The molecule has 0 aliphatic carbocycles. The molecular formula is C18H22FNO4S. The van der Waals surface area contributed by atoms with E-state index in [9.17, 15) is 12.8 Å². The molecule has 1 N–H and O–H groups in total. The number of sulfonamides is 1. The highest BCUT2D eigenvalue weighted by molar-refractivity contribution is 7.89. The maximum atomic E-state index is 13.3. The Morgan fingerprint density at radius 2 is 1.96 bits per heavy atom. The molecule has 0 radical (unpaired) electrons. The molecular weight excluding hydrogens is 345 g/mol. The van der Waals surface area contributed by atoms with Gasteiger partial charge in [-0.25, -0.2) is 17.5 Å². The first kappa shape index (κ1) is 19.4. The molecule has 1 atom stereocenters.